The van der Waals surface area contributed by atoms with Crippen LogP contribution in [-0.2, 0) is 6.54 Å². The molecule has 0 bridgehead atoms. The van der Waals surface area contributed by atoms with Crippen molar-refractivity contribution >= 4 is 11.3 Å². The molecular formula is C9H17N3S. The minimum Gasteiger partial charge on any atom is -0.326 e. The van der Waals surface area contributed by atoms with Gasteiger partial charge in [0.15, 0.2) is 0 Å². The molecule has 0 radical (unpaired) electrons. The van der Waals surface area contributed by atoms with Crippen molar-refractivity contribution in [3.63, 3.8) is 0 Å². The standard InChI is InChI=1S/C9H17N3S/c1-7(2)8(10)5-11-6-9-12-3-4-13-9/h3-4,7-8,11H,5-6,10H2,1-2H3. The number of nitrogens with zero attached hydrogens (tertiary/aromatic N) is 1. The van der Waals surface area contributed by atoms with E-state index in [4.69, 9.17) is 5.73 Å². The Hall–Kier alpha value is -0.450. The highest BCUT2D eigenvalue weighted by Gasteiger charge is 2.06. The monoisotopic (exact) mass is 199 g/mol. The van der Waals surface area contributed by atoms with E-state index >= 15 is 0 Å². The SMILES string of the molecule is CC(C)C(N)CNCc1nccs1. The topological polar surface area (TPSA) is 50.9 Å². The second-order valence-electron chi connectivity index (χ2n) is 3.46. The summed E-state index contributed by atoms with van der Waals surface area (Å²) in [4.78, 5) is 4.17. The minimum atomic E-state index is 0.236. The first-order chi connectivity index (χ1) is 6.20. The zero-order valence-electron chi connectivity index (χ0n) is 8.16. The third-order valence-corrected chi connectivity index (χ3v) is 2.78. The van der Waals surface area contributed by atoms with Crippen LogP contribution >= 0.6 is 11.3 Å². The van der Waals surface area contributed by atoms with E-state index in [0.717, 1.165) is 18.1 Å². The van der Waals surface area contributed by atoms with E-state index in [2.05, 4.69) is 24.1 Å². The predicted octanol–water partition coefficient (Wildman–Crippen LogP) is 1.22. The molecule has 1 unspecified atom stereocenters. The Bertz CT molecular complexity index is 221. The summed E-state index contributed by atoms with van der Waals surface area (Å²) in [6.07, 6.45) is 1.82. The molecule has 3 nitrogen and oxygen atoms in total. The van der Waals surface area contributed by atoms with E-state index < -0.39 is 0 Å². The zero-order chi connectivity index (χ0) is 9.68. The number of hydrogen-bond acceptors (Lipinski definition) is 4. The highest BCUT2D eigenvalue weighted by molar-refractivity contribution is 7.09. The number of nitrogens with two attached hydrogens (primary N) is 1. The van der Waals surface area contributed by atoms with Crippen molar-refractivity contribution in [2.24, 2.45) is 11.7 Å². The number of nitrogens with one attached hydrogen (secondary N) is 1. The maximum Gasteiger partial charge on any atom is 0.106 e. The molecule has 0 aliphatic carbocycles. The number of thiazole rings is 1. The van der Waals surface area contributed by atoms with Crippen LogP contribution < -0.4 is 11.1 Å². The fraction of sp³-hybridized carbons (Fsp3) is 0.667. The van der Waals surface area contributed by atoms with Gasteiger partial charge in [-0.1, -0.05) is 13.8 Å². The Labute approximate surface area is 83.4 Å². The van der Waals surface area contributed by atoms with Crippen molar-refractivity contribution in [3.05, 3.63) is 16.6 Å². The molecular weight excluding hydrogens is 182 g/mol. The minimum absolute atomic E-state index is 0.236. The summed E-state index contributed by atoms with van der Waals surface area (Å²) in [5.74, 6) is 0.531. The van der Waals surface area contributed by atoms with Gasteiger partial charge in [-0.3, -0.25) is 0 Å². The fourth-order valence-electron chi connectivity index (χ4n) is 0.922. The van der Waals surface area contributed by atoms with E-state index in [1.807, 2.05) is 11.6 Å². The molecule has 0 aromatic carbocycles. The van der Waals surface area contributed by atoms with Crippen molar-refractivity contribution in [3.8, 4) is 0 Å². The summed E-state index contributed by atoms with van der Waals surface area (Å²) >= 11 is 1.67. The lowest BCUT2D eigenvalue weighted by molar-refractivity contribution is 0.458. The third-order valence-electron chi connectivity index (χ3n) is 2.00. The number of aromatic nitrogens is 1. The molecule has 0 spiro atoms. The Morgan fingerprint density at radius 2 is 2.38 bits per heavy atom. The highest BCUT2D eigenvalue weighted by Crippen LogP contribution is 2.03. The van der Waals surface area contributed by atoms with Crippen molar-refractivity contribution < 1.29 is 0 Å². The van der Waals surface area contributed by atoms with Gasteiger partial charge in [0.25, 0.3) is 0 Å². The van der Waals surface area contributed by atoms with Crippen molar-refractivity contribution in [2.75, 3.05) is 6.54 Å². The highest BCUT2D eigenvalue weighted by atomic mass is 32.1. The van der Waals surface area contributed by atoms with Crippen LogP contribution in [0.5, 0.6) is 0 Å². The van der Waals surface area contributed by atoms with Crippen molar-refractivity contribution in [1.82, 2.24) is 10.3 Å². The van der Waals surface area contributed by atoms with Gasteiger partial charge in [0.1, 0.15) is 5.01 Å². The van der Waals surface area contributed by atoms with Crippen molar-refractivity contribution in [2.45, 2.75) is 26.4 Å². The molecule has 3 N–H and O–H groups in total. The molecule has 74 valence electrons. The lowest BCUT2D eigenvalue weighted by Crippen LogP contribution is -2.37. The lowest BCUT2D eigenvalue weighted by atomic mass is 10.1. The molecule has 1 aromatic rings. The lowest BCUT2D eigenvalue weighted by Gasteiger charge is -2.15. The van der Waals surface area contributed by atoms with Gasteiger partial charge in [-0.2, -0.15) is 0 Å². The summed E-state index contributed by atoms with van der Waals surface area (Å²) in [6, 6.07) is 0.236. The predicted molar refractivity (Wildman–Crippen MR) is 56.6 cm³/mol. The van der Waals surface area contributed by atoms with Crippen LogP contribution in [0.15, 0.2) is 11.6 Å². The molecule has 0 saturated carbocycles. The van der Waals surface area contributed by atoms with Crippen LogP contribution in [0.2, 0.25) is 0 Å². The van der Waals surface area contributed by atoms with E-state index in [1.165, 1.54) is 0 Å². The Morgan fingerprint density at radius 1 is 1.62 bits per heavy atom. The van der Waals surface area contributed by atoms with Gasteiger partial charge in [0.2, 0.25) is 0 Å². The first kappa shape index (κ1) is 10.6. The smallest absolute Gasteiger partial charge is 0.106 e. The van der Waals surface area contributed by atoms with Gasteiger partial charge in [0.05, 0.1) is 0 Å². The van der Waals surface area contributed by atoms with Gasteiger partial charge >= 0.3 is 0 Å². The number of rotatable bonds is 5. The summed E-state index contributed by atoms with van der Waals surface area (Å²) in [7, 11) is 0. The molecule has 0 aliphatic rings. The molecule has 0 saturated heterocycles. The van der Waals surface area contributed by atoms with E-state index in [9.17, 15) is 0 Å². The zero-order valence-corrected chi connectivity index (χ0v) is 8.97. The van der Waals surface area contributed by atoms with E-state index in [1.54, 1.807) is 11.3 Å². The molecule has 4 heteroatoms. The Balaban J connectivity index is 2.14. The second-order valence-corrected chi connectivity index (χ2v) is 4.44. The van der Waals surface area contributed by atoms with E-state index in [0.29, 0.717) is 5.92 Å². The normalized spacial score (nSPS) is 13.5. The molecule has 1 aromatic heterocycles. The van der Waals surface area contributed by atoms with Gasteiger partial charge in [-0.05, 0) is 5.92 Å². The average Bonchev–Trinajstić information content (AvgIpc) is 2.56. The van der Waals surface area contributed by atoms with Crippen LogP contribution in [0.3, 0.4) is 0 Å². The second kappa shape index (κ2) is 5.32. The third kappa shape index (κ3) is 3.85. The largest absolute Gasteiger partial charge is 0.326 e. The molecule has 1 rings (SSSR count). The molecule has 1 atom stereocenters. The summed E-state index contributed by atoms with van der Waals surface area (Å²) in [5.41, 5.74) is 5.88. The van der Waals surface area contributed by atoms with Crippen LogP contribution in [0.1, 0.15) is 18.9 Å². The quantitative estimate of drug-likeness (QED) is 0.749. The summed E-state index contributed by atoms with van der Waals surface area (Å²) in [6.45, 7) is 5.96. The van der Waals surface area contributed by atoms with Gasteiger partial charge in [-0.15, -0.1) is 11.3 Å². The maximum absolute atomic E-state index is 5.88. The number of hydrogen-bond donors (Lipinski definition) is 2. The van der Waals surface area contributed by atoms with Gasteiger partial charge < -0.3 is 11.1 Å². The van der Waals surface area contributed by atoms with E-state index in [-0.39, 0.29) is 6.04 Å². The average molecular weight is 199 g/mol. The Kier molecular flexibility index (Phi) is 4.35. The van der Waals surface area contributed by atoms with Gasteiger partial charge in [0, 0.05) is 30.7 Å². The summed E-state index contributed by atoms with van der Waals surface area (Å²) < 4.78 is 0. The summed E-state index contributed by atoms with van der Waals surface area (Å²) in [5, 5.41) is 6.40. The van der Waals surface area contributed by atoms with Crippen LogP contribution in [0.4, 0.5) is 0 Å². The van der Waals surface area contributed by atoms with Crippen LogP contribution in [0, 0.1) is 5.92 Å². The first-order valence-electron chi connectivity index (χ1n) is 4.55. The molecule has 13 heavy (non-hydrogen) atoms. The molecule has 0 aliphatic heterocycles. The fourth-order valence-corrected chi connectivity index (χ4v) is 1.51. The van der Waals surface area contributed by atoms with Crippen LogP contribution in [-0.4, -0.2) is 17.6 Å². The maximum atomic E-state index is 5.88. The molecule has 0 fully saturated rings. The van der Waals surface area contributed by atoms with Crippen molar-refractivity contribution in [1.29, 1.82) is 0 Å². The van der Waals surface area contributed by atoms with Crippen LogP contribution in [0.25, 0.3) is 0 Å². The molecule has 0 amide bonds. The van der Waals surface area contributed by atoms with Gasteiger partial charge in [-0.25, -0.2) is 4.98 Å². The molecule has 1 heterocycles. The first-order valence-corrected chi connectivity index (χ1v) is 5.42. The Morgan fingerprint density at radius 3 is 2.92 bits per heavy atom.